The van der Waals surface area contributed by atoms with Crippen molar-refractivity contribution in [2.24, 2.45) is 0 Å². The SMILES string of the molecule is Clc1ccc(Nc2nccc3occc23)cn1. The van der Waals surface area contributed by atoms with E-state index in [1.807, 2.05) is 18.2 Å². The zero-order valence-corrected chi connectivity index (χ0v) is 9.48. The lowest BCUT2D eigenvalue weighted by Crippen LogP contribution is -1.93. The minimum atomic E-state index is 0.463. The Hall–Kier alpha value is -2.07. The molecule has 5 heteroatoms. The fourth-order valence-corrected chi connectivity index (χ4v) is 1.69. The molecule has 4 nitrogen and oxygen atoms in total. The maximum Gasteiger partial charge on any atom is 0.141 e. The molecule has 0 aliphatic heterocycles. The lowest BCUT2D eigenvalue weighted by molar-refractivity contribution is 0.615. The molecule has 0 spiro atoms. The second-order valence-corrected chi connectivity index (χ2v) is 3.87. The summed E-state index contributed by atoms with van der Waals surface area (Å²) in [5, 5.41) is 4.56. The summed E-state index contributed by atoms with van der Waals surface area (Å²) < 4.78 is 5.30. The lowest BCUT2D eigenvalue weighted by Gasteiger charge is -2.05. The third kappa shape index (κ3) is 1.94. The maximum atomic E-state index is 5.72. The van der Waals surface area contributed by atoms with Gasteiger partial charge in [-0.15, -0.1) is 0 Å². The molecule has 3 rings (SSSR count). The average Bonchev–Trinajstić information content (AvgIpc) is 2.81. The van der Waals surface area contributed by atoms with Crippen LogP contribution in [0.15, 0.2) is 47.3 Å². The molecule has 0 atom stereocenters. The number of anilines is 2. The van der Waals surface area contributed by atoms with Gasteiger partial charge in [-0.25, -0.2) is 9.97 Å². The summed E-state index contributed by atoms with van der Waals surface area (Å²) in [6.45, 7) is 0. The zero-order valence-electron chi connectivity index (χ0n) is 8.72. The minimum Gasteiger partial charge on any atom is -0.464 e. The van der Waals surface area contributed by atoms with Crippen molar-refractivity contribution >= 4 is 34.1 Å². The van der Waals surface area contributed by atoms with Gasteiger partial charge < -0.3 is 9.73 Å². The molecule has 17 heavy (non-hydrogen) atoms. The van der Waals surface area contributed by atoms with E-state index in [0.717, 1.165) is 22.5 Å². The molecule has 0 radical (unpaired) electrons. The van der Waals surface area contributed by atoms with Gasteiger partial charge in [0.15, 0.2) is 0 Å². The largest absolute Gasteiger partial charge is 0.464 e. The van der Waals surface area contributed by atoms with E-state index in [1.54, 1.807) is 24.7 Å². The van der Waals surface area contributed by atoms with Crippen molar-refractivity contribution in [3.8, 4) is 0 Å². The number of furan rings is 1. The third-order valence-corrected chi connectivity index (χ3v) is 2.59. The Balaban J connectivity index is 1.99. The lowest BCUT2D eigenvalue weighted by atomic mass is 10.3. The smallest absolute Gasteiger partial charge is 0.141 e. The molecular formula is C12H8ClN3O. The number of rotatable bonds is 2. The van der Waals surface area contributed by atoms with Crippen LogP contribution < -0.4 is 5.32 Å². The highest BCUT2D eigenvalue weighted by Crippen LogP contribution is 2.24. The summed E-state index contributed by atoms with van der Waals surface area (Å²) in [6.07, 6.45) is 4.98. The number of aromatic nitrogens is 2. The number of fused-ring (bicyclic) bond motifs is 1. The van der Waals surface area contributed by atoms with E-state index in [1.165, 1.54) is 0 Å². The number of hydrogen-bond acceptors (Lipinski definition) is 4. The quantitative estimate of drug-likeness (QED) is 0.701. The van der Waals surface area contributed by atoms with Crippen molar-refractivity contribution in [1.29, 1.82) is 0 Å². The summed E-state index contributed by atoms with van der Waals surface area (Å²) in [6, 6.07) is 7.25. The van der Waals surface area contributed by atoms with Crippen molar-refractivity contribution in [2.75, 3.05) is 5.32 Å². The van der Waals surface area contributed by atoms with Gasteiger partial charge in [0, 0.05) is 6.20 Å². The Morgan fingerprint density at radius 1 is 1.12 bits per heavy atom. The number of nitrogens with zero attached hydrogens (tertiary/aromatic N) is 2. The van der Waals surface area contributed by atoms with Crippen LogP contribution in [-0.2, 0) is 0 Å². The number of pyridine rings is 2. The molecule has 3 heterocycles. The highest BCUT2D eigenvalue weighted by Gasteiger charge is 2.04. The Kier molecular flexibility index (Phi) is 2.42. The first-order valence-corrected chi connectivity index (χ1v) is 5.41. The third-order valence-electron chi connectivity index (χ3n) is 2.37. The molecule has 84 valence electrons. The van der Waals surface area contributed by atoms with Crippen LogP contribution in [0, 0.1) is 0 Å². The molecule has 0 aliphatic rings. The summed E-state index contributed by atoms with van der Waals surface area (Å²) in [4.78, 5) is 8.26. The van der Waals surface area contributed by atoms with Crippen LogP contribution in [-0.4, -0.2) is 9.97 Å². The molecule has 0 saturated heterocycles. The van der Waals surface area contributed by atoms with Crippen molar-refractivity contribution in [2.45, 2.75) is 0 Å². The molecule has 3 aromatic rings. The van der Waals surface area contributed by atoms with Gasteiger partial charge in [0.05, 0.1) is 23.5 Å². The van der Waals surface area contributed by atoms with Crippen LogP contribution in [0.5, 0.6) is 0 Å². The van der Waals surface area contributed by atoms with Crippen LogP contribution in [0.3, 0.4) is 0 Å². The molecule has 0 saturated carbocycles. The van der Waals surface area contributed by atoms with Gasteiger partial charge in [0.25, 0.3) is 0 Å². The van der Waals surface area contributed by atoms with E-state index >= 15 is 0 Å². The highest BCUT2D eigenvalue weighted by molar-refractivity contribution is 6.29. The van der Waals surface area contributed by atoms with E-state index in [0.29, 0.717) is 5.15 Å². The van der Waals surface area contributed by atoms with Crippen molar-refractivity contribution in [3.05, 3.63) is 48.1 Å². The first kappa shape index (κ1) is 10.1. The summed E-state index contributed by atoms with van der Waals surface area (Å²) in [7, 11) is 0. The molecule has 0 fully saturated rings. The van der Waals surface area contributed by atoms with Gasteiger partial charge in [-0.2, -0.15) is 0 Å². The Morgan fingerprint density at radius 2 is 2.06 bits per heavy atom. The van der Waals surface area contributed by atoms with E-state index in [9.17, 15) is 0 Å². The molecule has 0 bridgehead atoms. The Bertz CT molecular complexity index is 648. The monoisotopic (exact) mass is 245 g/mol. The van der Waals surface area contributed by atoms with Gasteiger partial charge >= 0.3 is 0 Å². The summed E-state index contributed by atoms with van der Waals surface area (Å²) >= 11 is 5.72. The van der Waals surface area contributed by atoms with Gasteiger partial charge in [0.2, 0.25) is 0 Å². The fourth-order valence-electron chi connectivity index (χ4n) is 1.58. The Labute approximate surface area is 102 Å². The van der Waals surface area contributed by atoms with E-state index in [4.69, 9.17) is 16.0 Å². The van der Waals surface area contributed by atoms with Crippen LogP contribution in [0.1, 0.15) is 0 Å². The minimum absolute atomic E-state index is 0.463. The molecule has 0 unspecified atom stereocenters. The summed E-state index contributed by atoms with van der Waals surface area (Å²) in [5.74, 6) is 0.736. The average molecular weight is 246 g/mol. The first-order valence-electron chi connectivity index (χ1n) is 5.04. The molecular weight excluding hydrogens is 238 g/mol. The predicted octanol–water partition coefficient (Wildman–Crippen LogP) is 3.62. The highest BCUT2D eigenvalue weighted by atomic mass is 35.5. The van der Waals surface area contributed by atoms with Crippen LogP contribution in [0.25, 0.3) is 11.0 Å². The van der Waals surface area contributed by atoms with E-state index in [-0.39, 0.29) is 0 Å². The van der Waals surface area contributed by atoms with Gasteiger partial charge in [-0.1, -0.05) is 11.6 Å². The number of hydrogen-bond donors (Lipinski definition) is 1. The fraction of sp³-hybridized carbons (Fsp3) is 0. The molecule has 0 amide bonds. The number of halogens is 1. The van der Waals surface area contributed by atoms with Gasteiger partial charge in [-0.05, 0) is 24.3 Å². The Morgan fingerprint density at radius 3 is 2.88 bits per heavy atom. The van der Waals surface area contributed by atoms with Crippen molar-refractivity contribution < 1.29 is 4.42 Å². The maximum absolute atomic E-state index is 5.72. The van der Waals surface area contributed by atoms with Crippen LogP contribution in [0.4, 0.5) is 11.5 Å². The number of nitrogens with one attached hydrogen (secondary N) is 1. The van der Waals surface area contributed by atoms with Crippen LogP contribution >= 0.6 is 11.6 Å². The van der Waals surface area contributed by atoms with Crippen molar-refractivity contribution in [1.82, 2.24) is 9.97 Å². The molecule has 3 aromatic heterocycles. The topological polar surface area (TPSA) is 51.0 Å². The van der Waals surface area contributed by atoms with Crippen molar-refractivity contribution in [3.63, 3.8) is 0 Å². The first-order chi connectivity index (χ1) is 8.33. The van der Waals surface area contributed by atoms with Gasteiger partial charge in [0.1, 0.15) is 16.6 Å². The normalized spacial score (nSPS) is 10.6. The standard InChI is InChI=1S/C12H8ClN3O/c13-11-2-1-8(7-15-11)16-12-9-4-6-17-10(9)3-5-14-12/h1-7H,(H,14,16). The molecule has 1 N–H and O–H groups in total. The second kappa shape index (κ2) is 4.07. The van der Waals surface area contributed by atoms with Gasteiger partial charge in [-0.3, -0.25) is 0 Å². The van der Waals surface area contributed by atoms with E-state index in [2.05, 4.69) is 15.3 Å². The molecule has 0 aliphatic carbocycles. The van der Waals surface area contributed by atoms with Crippen LogP contribution in [0.2, 0.25) is 5.15 Å². The van der Waals surface area contributed by atoms with E-state index < -0.39 is 0 Å². The zero-order chi connectivity index (χ0) is 11.7. The second-order valence-electron chi connectivity index (χ2n) is 3.49. The molecule has 0 aromatic carbocycles. The predicted molar refractivity (Wildman–Crippen MR) is 66.5 cm³/mol. The summed E-state index contributed by atoms with van der Waals surface area (Å²) in [5.41, 5.74) is 1.63.